The smallest absolute Gasteiger partial charge is 0.224 e. The van der Waals surface area contributed by atoms with E-state index < -0.39 is 0 Å². The summed E-state index contributed by atoms with van der Waals surface area (Å²) in [5.41, 5.74) is 3.56. The van der Waals surface area contributed by atoms with Crippen LogP contribution in [-0.4, -0.2) is 16.0 Å². The lowest BCUT2D eigenvalue weighted by atomic mass is 10.1. The van der Waals surface area contributed by atoms with Crippen molar-refractivity contribution in [2.75, 3.05) is 5.32 Å². The molecule has 2 N–H and O–H groups in total. The number of nitrogens with zero attached hydrogens (tertiary/aromatic N) is 1. The number of benzene rings is 2. The Bertz CT molecular complexity index is 841. The van der Waals surface area contributed by atoms with Gasteiger partial charge in [0.25, 0.3) is 0 Å². The number of hydrogen-bond donors (Lipinski definition) is 2. The van der Waals surface area contributed by atoms with E-state index in [2.05, 4.69) is 10.3 Å². The Kier molecular flexibility index (Phi) is 4.91. The Morgan fingerprint density at radius 1 is 1.17 bits per heavy atom. The lowest BCUT2D eigenvalue weighted by Crippen LogP contribution is -2.10. The monoisotopic (exact) mass is 338 g/mol. The van der Waals surface area contributed by atoms with Crippen LogP contribution in [0.1, 0.15) is 19.8 Å². The van der Waals surface area contributed by atoms with Crippen LogP contribution in [0.4, 0.5) is 5.69 Å². The molecule has 0 fully saturated rings. The Hall–Kier alpha value is -2.66. The predicted molar refractivity (Wildman–Crippen MR) is 98.2 cm³/mol. The van der Waals surface area contributed by atoms with Crippen molar-refractivity contribution < 1.29 is 9.90 Å². The molecular weight excluding hydrogens is 320 g/mol. The van der Waals surface area contributed by atoms with Gasteiger partial charge in [0.1, 0.15) is 10.8 Å². The highest BCUT2D eigenvalue weighted by atomic mass is 32.1. The zero-order chi connectivity index (χ0) is 16.9. The minimum absolute atomic E-state index is 0.0325. The molecule has 0 aliphatic rings. The zero-order valence-electron chi connectivity index (χ0n) is 13.3. The lowest BCUT2D eigenvalue weighted by molar-refractivity contribution is -0.116. The molecule has 0 unspecified atom stereocenters. The summed E-state index contributed by atoms with van der Waals surface area (Å²) < 4.78 is 0. The van der Waals surface area contributed by atoms with Gasteiger partial charge >= 0.3 is 0 Å². The largest absolute Gasteiger partial charge is 0.508 e. The van der Waals surface area contributed by atoms with Crippen LogP contribution in [0, 0.1) is 0 Å². The summed E-state index contributed by atoms with van der Waals surface area (Å²) >= 11 is 1.54. The van der Waals surface area contributed by atoms with Gasteiger partial charge in [-0.3, -0.25) is 4.79 Å². The van der Waals surface area contributed by atoms with E-state index in [9.17, 15) is 9.90 Å². The van der Waals surface area contributed by atoms with Crippen LogP contribution < -0.4 is 5.32 Å². The van der Waals surface area contributed by atoms with E-state index in [1.807, 2.05) is 42.6 Å². The van der Waals surface area contributed by atoms with Crippen LogP contribution in [0.2, 0.25) is 0 Å². The van der Waals surface area contributed by atoms with Gasteiger partial charge in [-0.15, -0.1) is 11.3 Å². The summed E-state index contributed by atoms with van der Waals surface area (Å²) in [5, 5.41) is 15.3. The van der Waals surface area contributed by atoms with E-state index in [1.165, 1.54) is 11.3 Å². The first-order valence-electron chi connectivity index (χ1n) is 7.81. The first-order chi connectivity index (χ1) is 11.7. The van der Waals surface area contributed by atoms with Crippen LogP contribution in [0.5, 0.6) is 5.75 Å². The topological polar surface area (TPSA) is 62.2 Å². The van der Waals surface area contributed by atoms with Crippen molar-refractivity contribution in [1.29, 1.82) is 0 Å². The summed E-state index contributed by atoms with van der Waals surface area (Å²) in [5.74, 6) is 0.265. The molecule has 122 valence electrons. The van der Waals surface area contributed by atoms with Gasteiger partial charge in [-0.1, -0.05) is 31.2 Å². The Morgan fingerprint density at radius 2 is 1.96 bits per heavy atom. The quantitative estimate of drug-likeness (QED) is 0.694. The minimum atomic E-state index is 0.0325. The molecule has 1 amide bonds. The molecular formula is C19H18N2O2S. The molecule has 1 aromatic heterocycles. The van der Waals surface area contributed by atoms with Crippen molar-refractivity contribution in [3.05, 3.63) is 53.9 Å². The molecule has 0 saturated carbocycles. The van der Waals surface area contributed by atoms with Crippen molar-refractivity contribution in [2.45, 2.75) is 19.8 Å². The van der Waals surface area contributed by atoms with Gasteiger partial charge in [0.05, 0.1) is 5.69 Å². The molecule has 0 spiro atoms. The molecule has 1 heterocycles. The average molecular weight is 338 g/mol. The third-order valence-corrected chi connectivity index (χ3v) is 4.43. The number of aromatic nitrogens is 1. The van der Waals surface area contributed by atoms with Crippen LogP contribution in [0.15, 0.2) is 53.9 Å². The van der Waals surface area contributed by atoms with Crippen molar-refractivity contribution in [1.82, 2.24) is 4.98 Å². The molecule has 0 aliphatic carbocycles. The predicted octanol–water partition coefficient (Wildman–Crippen LogP) is 4.92. The first-order valence-corrected chi connectivity index (χ1v) is 8.69. The third kappa shape index (κ3) is 3.81. The molecule has 4 nitrogen and oxygen atoms in total. The number of nitrogens with one attached hydrogen (secondary N) is 1. The number of aromatic hydroxyl groups is 1. The molecule has 3 rings (SSSR count). The second-order valence-corrected chi connectivity index (χ2v) is 6.32. The van der Waals surface area contributed by atoms with Crippen molar-refractivity contribution in [3.8, 4) is 27.6 Å². The summed E-state index contributed by atoms with van der Waals surface area (Å²) in [6, 6.07) is 14.7. The standard InChI is InChI=1S/C19H18N2O2S/c1-2-4-18(23)20-15-9-7-13(8-10-15)17-12-24-19(21-17)14-5-3-6-16(22)11-14/h3,5-12,22H,2,4H2,1H3,(H,20,23). The molecule has 3 aromatic rings. The number of carbonyl (C=O) groups excluding carboxylic acids is 1. The maximum Gasteiger partial charge on any atom is 0.224 e. The van der Waals surface area contributed by atoms with E-state index in [0.717, 1.165) is 33.9 Å². The van der Waals surface area contributed by atoms with E-state index in [0.29, 0.717) is 6.42 Å². The molecule has 0 radical (unpaired) electrons. The summed E-state index contributed by atoms with van der Waals surface area (Å²) in [6.07, 6.45) is 1.36. The van der Waals surface area contributed by atoms with E-state index in [4.69, 9.17) is 0 Å². The summed E-state index contributed by atoms with van der Waals surface area (Å²) in [4.78, 5) is 16.2. The minimum Gasteiger partial charge on any atom is -0.508 e. The van der Waals surface area contributed by atoms with Gasteiger partial charge in [-0.2, -0.15) is 0 Å². The maximum absolute atomic E-state index is 11.6. The van der Waals surface area contributed by atoms with Crippen LogP contribution in [0.25, 0.3) is 21.8 Å². The highest BCUT2D eigenvalue weighted by Crippen LogP contribution is 2.30. The molecule has 0 saturated heterocycles. The Labute approximate surface area is 144 Å². The maximum atomic E-state index is 11.6. The number of thiazole rings is 1. The number of hydrogen-bond acceptors (Lipinski definition) is 4. The van der Waals surface area contributed by atoms with Crippen LogP contribution in [-0.2, 0) is 4.79 Å². The van der Waals surface area contributed by atoms with Gasteiger partial charge in [-0.05, 0) is 30.7 Å². The van der Waals surface area contributed by atoms with Gasteiger partial charge < -0.3 is 10.4 Å². The van der Waals surface area contributed by atoms with E-state index >= 15 is 0 Å². The molecule has 0 aliphatic heterocycles. The molecule has 5 heteroatoms. The average Bonchev–Trinajstić information content (AvgIpc) is 3.06. The zero-order valence-corrected chi connectivity index (χ0v) is 14.1. The fourth-order valence-corrected chi connectivity index (χ4v) is 3.18. The van der Waals surface area contributed by atoms with Gasteiger partial charge in [0, 0.05) is 28.6 Å². The number of carbonyl (C=O) groups is 1. The van der Waals surface area contributed by atoms with Crippen molar-refractivity contribution in [3.63, 3.8) is 0 Å². The van der Waals surface area contributed by atoms with E-state index in [-0.39, 0.29) is 11.7 Å². The fourth-order valence-electron chi connectivity index (χ4n) is 2.35. The Balaban J connectivity index is 1.77. The van der Waals surface area contributed by atoms with Gasteiger partial charge in [-0.25, -0.2) is 4.98 Å². The number of amides is 1. The Morgan fingerprint density at radius 3 is 2.67 bits per heavy atom. The summed E-state index contributed by atoms with van der Waals surface area (Å²) in [7, 11) is 0. The van der Waals surface area contributed by atoms with Crippen LogP contribution >= 0.6 is 11.3 Å². The highest BCUT2D eigenvalue weighted by Gasteiger charge is 2.08. The highest BCUT2D eigenvalue weighted by molar-refractivity contribution is 7.13. The van der Waals surface area contributed by atoms with Gasteiger partial charge in [0.2, 0.25) is 5.91 Å². The van der Waals surface area contributed by atoms with Crippen LogP contribution in [0.3, 0.4) is 0 Å². The second kappa shape index (κ2) is 7.27. The third-order valence-electron chi connectivity index (χ3n) is 3.54. The molecule has 0 bridgehead atoms. The normalized spacial score (nSPS) is 10.5. The molecule has 2 aromatic carbocycles. The molecule has 0 atom stereocenters. The first kappa shape index (κ1) is 16.2. The number of rotatable bonds is 5. The number of anilines is 1. The summed E-state index contributed by atoms with van der Waals surface area (Å²) in [6.45, 7) is 1.98. The number of phenolic OH excluding ortho intramolecular Hbond substituents is 1. The van der Waals surface area contributed by atoms with Gasteiger partial charge in [0.15, 0.2) is 0 Å². The molecule has 24 heavy (non-hydrogen) atoms. The van der Waals surface area contributed by atoms with E-state index in [1.54, 1.807) is 18.2 Å². The fraction of sp³-hybridized carbons (Fsp3) is 0.158. The van der Waals surface area contributed by atoms with Crippen molar-refractivity contribution >= 4 is 22.9 Å². The second-order valence-electron chi connectivity index (χ2n) is 5.46. The lowest BCUT2D eigenvalue weighted by Gasteiger charge is -2.05. The number of phenols is 1. The SMILES string of the molecule is CCCC(=O)Nc1ccc(-c2csc(-c3cccc(O)c3)n2)cc1. The van der Waals surface area contributed by atoms with Crippen molar-refractivity contribution in [2.24, 2.45) is 0 Å².